The van der Waals surface area contributed by atoms with E-state index in [0.29, 0.717) is 36.7 Å². The number of hydrogen-bond acceptors (Lipinski definition) is 5. The fourth-order valence-corrected chi connectivity index (χ4v) is 5.30. The minimum atomic E-state index is -3.43. The maximum atomic E-state index is 12.5. The number of rotatable bonds is 4. The van der Waals surface area contributed by atoms with E-state index in [9.17, 15) is 8.42 Å². The fraction of sp³-hybridized carbons (Fsp3) is 0.727. The molecule has 0 aromatic carbocycles. The van der Waals surface area contributed by atoms with Crippen molar-refractivity contribution in [2.24, 2.45) is 5.73 Å². The normalized spacial score (nSPS) is 25.6. The second kappa shape index (κ2) is 5.82. The van der Waals surface area contributed by atoms with Crippen molar-refractivity contribution in [2.45, 2.75) is 35.8 Å². The average molecular weight is 304 g/mol. The molecule has 1 aromatic rings. The van der Waals surface area contributed by atoms with Crippen molar-refractivity contribution >= 4 is 21.8 Å². The van der Waals surface area contributed by atoms with Crippen molar-refractivity contribution in [2.75, 3.05) is 19.6 Å². The zero-order valence-electron chi connectivity index (χ0n) is 11.2. The van der Waals surface area contributed by atoms with E-state index in [2.05, 4.69) is 18.9 Å². The maximum absolute atomic E-state index is 12.5. The number of hydrogen-bond donors (Lipinski definition) is 1. The van der Waals surface area contributed by atoms with E-state index in [1.54, 1.807) is 15.2 Å². The molecule has 2 rings (SSSR count). The summed E-state index contributed by atoms with van der Waals surface area (Å²) in [4.78, 5) is 0.257. The molecule has 8 heteroatoms. The highest BCUT2D eigenvalue weighted by Crippen LogP contribution is 2.28. The van der Waals surface area contributed by atoms with Crippen molar-refractivity contribution in [3.63, 3.8) is 0 Å². The van der Waals surface area contributed by atoms with E-state index in [4.69, 9.17) is 5.73 Å². The molecule has 2 N–H and O–H groups in total. The average Bonchev–Trinajstić information content (AvgIpc) is 2.77. The second-order valence-electron chi connectivity index (χ2n) is 4.81. The summed E-state index contributed by atoms with van der Waals surface area (Å²) in [7, 11) is -3.43. The van der Waals surface area contributed by atoms with E-state index in [-0.39, 0.29) is 4.90 Å². The van der Waals surface area contributed by atoms with Gasteiger partial charge in [0.2, 0.25) is 10.0 Å². The first kappa shape index (κ1) is 14.8. The molecule has 0 spiro atoms. The fourth-order valence-electron chi connectivity index (χ4n) is 2.21. The summed E-state index contributed by atoms with van der Waals surface area (Å²) in [5.41, 5.74) is 5.43. The highest BCUT2D eigenvalue weighted by atomic mass is 32.2. The Bertz CT molecular complexity index is 519. The third-order valence-corrected chi connectivity index (χ3v) is 6.00. The Kier molecular flexibility index (Phi) is 4.54. The summed E-state index contributed by atoms with van der Waals surface area (Å²) < 4.78 is 28.2. The molecule has 0 bridgehead atoms. The van der Waals surface area contributed by atoms with Gasteiger partial charge in [-0.2, -0.15) is 21.2 Å². The smallest absolute Gasteiger partial charge is 0.246 e. The van der Waals surface area contributed by atoms with Crippen LogP contribution in [0.15, 0.2) is 17.3 Å². The standard InChI is InChI=1S/C11H20N4O2S2/c1-9-6-15(7-10(2)18-9)19(16,17)11-5-13-14(8-11)4-3-12/h5,8-10H,3-4,6-7,12H2,1-2H3. The lowest BCUT2D eigenvalue weighted by Gasteiger charge is -2.33. The lowest BCUT2D eigenvalue weighted by atomic mass is 10.4. The van der Waals surface area contributed by atoms with Gasteiger partial charge in [-0.15, -0.1) is 0 Å². The molecule has 6 nitrogen and oxygen atoms in total. The topological polar surface area (TPSA) is 81.2 Å². The van der Waals surface area contributed by atoms with Crippen LogP contribution in [0.1, 0.15) is 13.8 Å². The van der Waals surface area contributed by atoms with Crippen molar-refractivity contribution in [3.05, 3.63) is 12.4 Å². The van der Waals surface area contributed by atoms with Crippen molar-refractivity contribution < 1.29 is 8.42 Å². The van der Waals surface area contributed by atoms with Crippen LogP contribution in [-0.4, -0.2) is 52.6 Å². The molecule has 2 heterocycles. The van der Waals surface area contributed by atoms with Gasteiger partial charge in [-0.05, 0) is 0 Å². The number of aromatic nitrogens is 2. The van der Waals surface area contributed by atoms with Crippen LogP contribution in [0, 0.1) is 0 Å². The number of thioether (sulfide) groups is 1. The molecule has 2 unspecified atom stereocenters. The van der Waals surface area contributed by atoms with E-state index in [0.717, 1.165) is 0 Å². The van der Waals surface area contributed by atoms with E-state index < -0.39 is 10.0 Å². The SMILES string of the molecule is CC1CN(S(=O)(=O)c2cnn(CCN)c2)CC(C)S1. The van der Waals surface area contributed by atoms with Crippen molar-refractivity contribution in [1.29, 1.82) is 0 Å². The lowest BCUT2D eigenvalue weighted by Crippen LogP contribution is -2.43. The van der Waals surface area contributed by atoms with Gasteiger partial charge in [0.25, 0.3) is 0 Å². The molecule has 1 saturated heterocycles. The monoisotopic (exact) mass is 304 g/mol. The van der Waals surface area contributed by atoms with Gasteiger partial charge in [-0.3, -0.25) is 4.68 Å². The van der Waals surface area contributed by atoms with E-state index in [1.165, 1.54) is 6.20 Å². The highest BCUT2D eigenvalue weighted by molar-refractivity contribution is 8.00. The van der Waals surface area contributed by atoms with Gasteiger partial charge < -0.3 is 5.73 Å². The number of nitrogens with zero attached hydrogens (tertiary/aromatic N) is 3. The Morgan fingerprint density at radius 3 is 2.63 bits per heavy atom. The first-order chi connectivity index (χ1) is 8.93. The molecular weight excluding hydrogens is 284 g/mol. The predicted octanol–water partition coefficient (Wildman–Crippen LogP) is 0.356. The summed E-state index contributed by atoms with van der Waals surface area (Å²) >= 11 is 1.83. The molecular formula is C11H20N4O2S2. The summed E-state index contributed by atoms with van der Waals surface area (Å²) in [6.45, 7) is 6.19. The van der Waals surface area contributed by atoms with Crippen molar-refractivity contribution in [3.8, 4) is 0 Å². The molecule has 1 aliphatic rings. The maximum Gasteiger partial charge on any atom is 0.246 e. The van der Waals surface area contributed by atoms with Gasteiger partial charge in [0.1, 0.15) is 4.90 Å². The molecule has 0 saturated carbocycles. The molecule has 0 aliphatic carbocycles. The third kappa shape index (κ3) is 3.31. The van der Waals surface area contributed by atoms with Gasteiger partial charge in [0.05, 0.1) is 12.7 Å². The van der Waals surface area contributed by atoms with Crippen LogP contribution in [0.5, 0.6) is 0 Å². The van der Waals surface area contributed by atoms with Gasteiger partial charge in [0.15, 0.2) is 0 Å². The summed E-state index contributed by atoms with van der Waals surface area (Å²) in [5.74, 6) is 0. The van der Waals surface area contributed by atoms with Gasteiger partial charge in [0, 0.05) is 36.3 Å². The molecule has 2 atom stereocenters. The summed E-state index contributed by atoms with van der Waals surface area (Å²) in [6, 6.07) is 0. The molecule has 1 fully saturated rings. The largest absolute Gasteiger partial charge is 0.329 e. The molecule has 1 aliphatic heterocycles. The zero-order chi connectivity index (χ0) is 14.0. The van der Waals surface area contributed by atoms with Crippen molar-refractivity contribution in [1.82, 2.24) is 14.1 Å². The first-order valence-electron chi connectivity index (χ1n) is 6.31. The van der Waals surface area contributed by atoms with Crippen LogP contribution >= 0.6 is 11.8 Å². The Balaban J connectivity index is 2.20. The van der Waals surface area contributed by atoms with Gasteiger partial charge >= 0.3 is 0 Å². The van der Waals surface area contributed by atoms with Crippen LogP contribution in [0.25, 0.3) is 0 Å². The van der Waals surface area contributed by atoms with E-state index in [1.807, 2.05) is 11.8 Å². The van der Waals surface area contributed by atoms with Crippen LogP contribution in [0.3, 0.4) is 0 Å². The molecule has 0 radical (unpaired) electrons. The van der Waals surface area contributed by atoms with Gasteiger partial charge in [-0.25, -0.2) is 8.42 Å². The Hall–Kier alpha value is -0.570. The minimum absolute atomic E-state index is 0.257. The molecule has 1 aromatic heterocycles. The Morgan fingerprint density at radius 1 is 1.42 bits per heavy atom. The van der Waals surface area contributed by atoms with Crippen LogP contribution < -0.4 is 5.73 Å². The predicted molar refractivity (Wildman–Crippen MR) is 76.6 cm³/mol. The second-order valence-corrected chi connectivity index (χ2v) is 8.63. The molecule has 108 valence electrons. The zero-order valence-corrected chi connectivity index (χ0v) is 12.8. The van der Waals surface area contributed by atoms with Crippen LogP contribution in [0.4, 0.5) is 0 Å². The molecule has 19 heavy (non-hydrogen) atoms. The highest BCUT2D eigenvalue weighted by Gasteiger charge is 2.32. The van der Waals surface area contributed by atoms with Crippen LogP contribution in [-0.2, 0) is 16.6 Å². The number of sulfonamides is 1. The van der Waals surface area contributed by atoms with Gasteiger partial charge in [-0.1, -0.05) is 13.8 Å². The third-order valence-electron chi connectivity index (χ3n) is 2.99. The lowest BCUT2D eigenvalue weighted by molar-refractivity contribution is 0.404. The Labute approximate surface area is 118 Å². The molecule has 0 amide bonds. The first-order valence-corrected chi connectivity index (χ1v) is 8.70. The quantitative estimate of drug-likeness (QED) is 0.868. The number of nitrogens with two attached hydrogens (primary N) is 1. The Morgan fingerprint density at radius 2 is 2.05 bits per heavy atom. The summed E-state index contributed by atoms with van der Waals surface area (Å²) in [6.07, 6.45) is 2.96. The van der Waals surface area contributed by atoms with E-state index >= 15 is 0 Å². The van der Waals surface area contributed by atoms with Crippen LogP contribution in [0.2, 0.25) is 0 Å². The minimum Gasteiger partial charge on any atom is -0.329 e. The summed E-state index contributed by atoms with van der Waals surface area (Å²) in [5, 5.41) is 4.67.